The number of anilines is 2. The van der Waals surface area contributed by atoms with Gasteiger partial charge in [0.05, 0.1) is 5.69 Å². The van der Waals surface area contributed by atoms with Crippen molar-refractivity contribution >= 4 is 24.3 Å². The Balaban J connectivity index is 2.58. The van der Waals surface area contributed by atoms with E-state index in [0.29, 0.717) is 0 Å². The fraction of sp³-hybridized carbons (Fsp3) is 0. The zero-order valence-corrected chi connectivity index (χ0v) is 4.97. The van der Waals surface area contributed by atoms with Crippen molar-refractivity contribution in [3.63, 3.8) is 0 Å². The first-order valence-corrected chi connectivity index (χ1v) is 2.73. The molecule has 8 heavy (non-hydrogen) atoms. The van der Waals surface area contributed by atoms with Gasteiger partial charge in [-0.1, -0.05) is 12.8 Å². The van der Waals surface area contributed by atoms with E-state index >= 15 is 0 Å². The summed E-state index contributed by atoms with van der Waals surface area (Å²) in [4.78, 5) is 4.00. The van der Waals surface area contributed by atoms with Crippen LogP contribution in [0.2, 0.25) is 0 Å². The Morgan fingerprint density at radius 1 is 1.62 bits per heavy atom. The van der Waals surface area contributed by atoms with Gasteiger partial charge in [0.1, 0.15) is 0 Å². The summed E-state index contributed by atoms with van der Waals surface area (Å²) < 4.78 is 1.75. The van der Waals surface area contributed by atoms with Gasteiger partial charge in [0, 0.05) is 6.20 Å². The van der Waals surface area contributed by atoms with Crippen LogP contribution in [0.15, 0.2) is 18.3 Å². The molecule has 0 aliphatic carbocycles. The molecule has 3 heteroatoms. The topological polar surface area (TPSA) is 15.9 Å². The molecular weight excluding hydrogens is 120 g/mol. The molecule has 0 saturated heterocycles. The van der Waals surface area contributed by atoms with Gasteiger partial charge in [0.15, 0.2) is 5.82 Å². The van der Waals surface area contributed by atoms with Crippen LogP contribution in [0.1, 0.15) is 0 Å². The molecule has 0 atom stereocenters. The van der Waals surface area contributed by atoms with Crippen LogP contribution in [0.3, 0.4) is 0 Å². The number of rotatable bonds is 0. The predicted octanol–water partition coefficient (Wildman–Crippen LogP) is 1.38. The van der Waals surface area contributed by atoms with E-state index in [9.17, 15) is 0 Å². The minimum atomic E-state index is 0.982. The minimum Gasteiger partial charge on any atom is -0.265 e. The number of nitrogens with zero attached hydrogens (tertiary/aromatic N) is 2. The van der Waals surface area contributed by atoms with Gasteiger partial charge in [-0.2, -0.15) is 0 Å². The Morgan fingerprint density at radius 3 is 3.00 bits per heavy atom. The van der Waals surface area contributed by atoms with E-state index in [1.165, 1.54) is 0 Å². The van der Waals surface area contributed by atoms with Crippen LogP contribution in [0.25, 0.3) is 0 Å². The van der Waals surface area contributed by atoms with Crippen LogP contribution in [0.5, 0.6) is 0 Å². The monoisotopic (exact) mass is 124 g/mol. The summed E-state index contributed by atoms with van der Waals surface area (Å²) in [5.74, 6) is 0.982. The zero-order valence-electron chi connectivity index (χ0n) is 4.07. The lowest BCUT2D eigenvalue weighted by Crippen LogP contribution is -1.69. The first kappa shape index (κ1) is 4.21. The largest absolute Gasteiger partial charge is 0.265 e. The lowest BCUT2D eigenvalue weighted by molar-refractivity contribution is 1.40. The normalized spacial score (nSPS) is 13.4. The highest BCUT2D eigenvalue weighted by atomic mass is 32.1. The molecule has 2 nitrogen and oxygen atoms in total. The maximum absolute atomic E-state index is 4.06. The molecule has 40 valence electrons. The van der Waals surface area contributed by atoms with Crippen LogP contribution < -0.4 is 4.31 Å². The van der Waals surface area contributed by atoms with Crippen LogP contribution in [0, 0.1) is 0 Å². The lowest BCUT2D eigenvalue weighted by atomic mass is 10.5. The number of hydrogen-bond donors (Lipinski definition) is 1. The minimum absolute atomic E-state index is 0.982. The summed E-state index contributed by atoms with van der Waals surface area (Å²) >= 11 is 4.06. The molecule has 0 spiro atoms. The van der Waals surface area contributed by atoms with Crippen molar-refractivity contribution in [2.45, 2.75) is 0 Å². The highest BCUT2D eigenvalue weighted by molar-refractivity contribution is 7.82. The van der Waals surface area contributed by atoms with E-state index in [1.807, 2.05) is 12.1 Å². The summed E-state index contributed by atoms with van der Waals surface area (Å²) in [6, 6.07) is 3.88. The quantitative estimate of drug-likeness (QED) is 0.415. The van der Waals surface area contributed by atoms with Gasteiger partial charge >= 0.3 is 0 Å². The van der Waals surface area contributed by atoms with E-state index in [0.717, 1.165) is 11.5 Å². The molecule has 1 aromatic heterocycles. The van der Waals surface area contributed by atoms with Gasteiger partial charge < -0.3 is 0 Å². The highest BCUT2D eigenvalue weighted by Gasteiger charge is 2.26. The molecule has 0 saturated carbocycles. The van der Waals surface area contributed by atoms with Gasteiger partial charge in [-0.3, -0.25) is 4.31 Å². The van der Waals surface area contributed by atoms with Crippen LogP contribution in [0.4, 0.5) is 11.5 Å². The third kappa shape index (κ3) is 0.369. The lowest BCUT2D eigenvalue weighted by Gasteiger charge is -1.76. The van der Waals surface area contributed by atoms with Crippen molar-refractivity contribution in [2.75, 3.05) is 4.31 Å². The molecule has 0 fully saturated rings. The molecule has 1 aromatic rings. The maximum atomic E-state index is 4.06. The zero-order chi connectivity index (χ0) is 5.56. The molecular formula is C5H4N2S. The molecule has 0 amide bonds. The molecule has 1 aliphatic heterocycles. The van der Waals surface area contributed by atoms with E-state index < -0.39 is 0 Å². The van der Waals surface area contributed by atoms with Gasteiger partial charge in [-0.15, -0.1) is 0 Å². The van der Waals surface area contributed by atoms with Crippen molar-refractivity contribution in [2.24, 2.45) is 0 Å². The Kier molecular flexibility index (Phi) is 0.615. The third-order valence-corrected chi connectivity index (χ3v) is 1.55. The first-order valence-electron chi connectivity index (χ1n) is 2.33. The third-order valence-electron chi connectivity index (χ3n) is 1.14. The van der Waals surface area contributed by atoms with Crippen molar-refractivity contribution in [3.05, 3.63) is 18.3 Å². The average molecular weight is 124 g/mol. The molecule has 2 heterocycles. The van der Waals surface area contributed by atoms with Gasteiger partial charge in [-0.05, 0) is 12.1 Å². The Labute approximate surface area is 52.7 Å². The summed E-state index contributed by atoms with van der Waals surface area (Å²) in [5, 5.41) is 0. The summed E-state index contributed by atoms with van der Waals surface area (Å²) in [7, 11) is 0. The van der Waals surface area contributed by atoms with E-state index in [-0.39, 0.29) is 0 Å². The molecule has 0 aromatic carbocycles. The van der Waals surface area contributed by atoms with Crippen LogP contribution in [-0.2, 0) is 0 Å². The van der Waals surface area contributed by atoms with E-state index in [2.05, 4.69) is 17.8 Å². The number of pyridine rings is 1. The van der Waals surface area contributed by atoms with E-state index in [4.69, 9.17) is 0 Å². The Hall–Kier alpha value is -0.700. The van der Waals surface area contributed by atoms with Crippen LogP contribution >= 0.6 is 12.8 Å². The second-order valence-corrected chi connectivity index (χ2v) is 2.06. The van der Waals surface area contributed by atoms with Gasteiger partial charge in [-0.25, -0.2) is 4.98 Å². The number of hydrogen-bond acceptors (Lipinski definition) is 3. The Bertz CT molecular complexity index is 200. The summed E-state index contributed by atoms with van der Waals surface area (Å²) in [5.41, 5.74) is 1.12. The molecule has 0 N–H and O–H groups in total. The van der Waals surface area contributed by atoms with Gasteiger partial charge in [0.25, 0.3) is 0 Å². The molecule has 0 radical (unpaired) electrons. The standard InChI is InChI=1S/C5H4N2S/c8-7-4-2-1-3-6-5(4)7/h1-3,8H. The molecule has 0 unspecified atom stereocenters. The van der Waals surface area contributed by atoms with Gasteiger partial charge in [0.2, 0.25) is 0 Å². The van der Waals surface area contributed by atoms with Crippen molar-refractivity contribution in [3.8, 4) is 0 Å². The molecule has 0 bridgehead atoms. The summed E-state index contributed by atoms with van der Waals surface area (Å²) in [6.45, 7) is 0. The fourth-order valence-electron chi connectivity index (χ4n) is 0.674. The highest BCUT2D eigenvalue weighted by Crippen LogP contribution is 2.46. The first-order chi connectivity index (χ1) is 3.89. The summed E-state index contributed by atoms with van der Waals surface area (Å²) in [6.07, 6.45) is 1.76. The second-order valence-electron chi connectivity index (χ2n) is 1.66. The van der Waals surface area contributed by atoms with Crippen LogP contribution in [-0.4, -0.2) is 4.98 Å². The fourth-order valence-corrected chi connectivity index (χ4v) is 0.939. The van der Waals surface area contributed by atoms with Crippen molar-refractivity contribution in [1.82, 2.24) is 4.98 Å². The Morgan fingerprint density at radius 2 is 2.50 bits per heavy atom. The van der Waals surface area contributed by atoms with Crippen molar-refractivity contribution < 1.29 is 0 Å². The molecule has 1 aliphatic rings. The van der Waals surface area contributed by atoms with E-state index in [1.54, 1.807) is 10.5 Å². The smallest absolute Gasteiger partial charge is 0.168 e. The number of aromatic nitrogens is 1. The number of fused-ring (bicyclic) bond motifs is 1. The molecule has 2 rings (SSSR count). The van der Waals surface area contributed by atoms with Crippen molar-refractivity contribution in [1.29, 1.82) is 0 Å². The number of thiol groups is 1. The second kappa shape index (κ2) is 1.17. The maximum Gasteiger partial charge on any atom is 0.168 e. The SMILES string of the molecule is SN1c2cccnc21. The predicted molar refractivity (Wildman–Crippen MR) is 35.4 cm³/mol. The average Bonchev–Trinajstić information content (AvgIpc) is 2.46.